The Kier molecular flexibility index (Phi) is 6.75. The molecule has 2 aromatic rings. The fourth-order valence-corrected chi connectivity index (χ4v) is 3.23. The zero-order valence-electron chi connectivity index (χ0n) is 15.7. The van der Waals surface area contributed by atoms with Crippen LogP contribution in [0.15, 0.2) is 48.5 Å². The summed E-state index contributed by atoms with van der Waals surface area (Å²) in [5.74, 6) is 2.73. The summed E-state index contributed by atoms with van der Waals surface area (Å²) in [6, 6.07) is 16.0. The van der Waals surface area contributed by atoms with Gasteiger partial charge in [0.1, 0.15) is 23.9 Å². The molecule has 26 heavy (non-hydrogen) atoms. The Morgan fingerprint density at radius 1 is 0.808 bits per heavy atom. The number of hydrogen-bond donors (Lipinski definition) is 0. The summed E-state index contributed by atoms with van der Waals surface area (Å²) in [5.41, 5.74) is 1.17. The van der Waals surface area contributed by atoms with Gasteiger partial charge in [0.05, 0.1) is 14.2 Å². The molecule has 1 fully saturated rings. The summed E-state index contributed by atoms with van der Waals surface area (Å²) in [6.07, 6.45) is 0. The SMILES string of the molecule is COc1ccc(OC)c(CN2CCN(CCOc3ccccc3)CC2)c1. The molecule has 0 aliphatic carbocycles. The van der Waals surface area contributed by atoms with Gasteiger partial charge in [-0.25, -0.2) is 0 Å². The van der Waals surface area contributed by atoms with Crippen molar-refractivity contribution in [2.75, 3.05) is 53.6 Å². The van der Waals surface area contributed by atoms with E-state index >= 15 is 0 Å². The van der Waals surface area contributed by atoms with Gasteiger partial charge in [0.25, 0.3) is 0 Å². The van der Waals surface area contributed by atoms with Crippen LogP contribution in [0.4, 0.5) is 0 Å². The van der Waals surface area contributed by atoms with E-state index in [4.69, 9.17) is 14.2 Å². The second-order valence-corrected chi connectivity index (χ2v) is 6.46. The summed E-state index contributed by atoms with van der Waals surface area (Å²) in [6.45, 7) is 6.79. The van der Waals surface area contributed by atoms with Crippen molar-refractivity contribution in [1.82, 2.24) is 9.80 Å². The van der Waals surface area contributed by atoms with Crippen LogP contribution in [0.5, 0.6) is 17.2 Å². The van der Waals surface area contributed by atoms with E-state index in [2.05, 4.69) is 15.9 Å². The summed E-state index contributed by atoms with van der Waals surface area (Å²) >= 11 is 0. The van der Waals surface area contributed by atoms with Crippen molar-refractivity contribution in [3.63, 3.8) is 0 Å². The van der Waals surface area contributed by atoms with Crippen molar-refractivity contribution in [3.8, 4) is 17.2 Å². The van der Waals surface area contributed by atoms with Crippen molar-refractivity contribution in [2.24, 2.45) is 0 Å². The molecule has 2 aromatic carbocycles. The smallest absolute Gasteiger partial charge is 0.123 e. The summed E-state index contributed by atoms with van der Waals surface area (Å²) in [4.78, 5) is 4.92. The predicted molar refractivity (Wildman–Crippen MR) is 103 cm³/mol. The molecule has 0 atom stereocenters. The third-order valence-electron chi connectivity index (χ3n) is 4.77. The maximum Gasteiger partial charge on any atom is 0.123 e. The minimum atomic E-state index is 0.730. The number of ether oxygens (including phenoxy) is 3. The number of piperazine rings is 1. The minimum absolute atomic E-state index is 0.730. The molecule has 1 aliphatic heterocycles. The zero-order chi connectivity index (χ0) is 18.2. The highest BCUT2D eigenvalue weighted by Gasteiger charge is 2.18. The van der Waals surface area contributed by atoms with Gasteiger partial charge in [0, 0.05) is 44.8 Å². The van der Waals surface area contributed by atoms with Crippen LogP contribution >= 0.6 is 0 Å². The molecule has 0 amide bonds. The lowest BCUT2D eigenvalue weighted by atomic mass is 10.1. The Bertz CT molecular complexity index is 670. The van der Waals surface area contributed by atoms with Crippen LogP contribution in [0.25, 0.3) is 0 Å². The lowest BCUT2D eigenvalue weighted by molar-refractivity contribution is 0.112. The molecular weight excluding hydrogens is 328 g/mol. The average molecular weight is 356 g/mol. The van der Waals surface area contributed by atoms with E-state index in [0.29, 0.717) is 0 Å². The third kappa shape index (κ3) is 5.13. The van der Waals surface area contributed by atoms with E-state index in [0.717, 1.165) is 63.1 Å². The van der Waals surface area contributed by atoms with Gasteiger partial charge in [0.2, 0.25) is 0 Å². The molecule has 3 rings (SSSR count). The molecule has 0 bridgehead atoms. The van der Waals surface area contributed by atoms with Gasteiger partial charge in [-0.1, -0.05) is 18.2 Å². The first-order chi connectivity index (χ1) is 12.8. The highest BCUT2D eigenvalue weighted by Crippen LogP contribution is 2.25. The molecule has 0 unspecified atom stereocenters. The van der Waals surface area contributed by atoms with E-state index in [1.807, 2.05) is 42.5 Å². The monoisotopic (exact) mass is 356 g/mol. The van der Waals surface area contributed by atoms with Crippen molar-refractivity contribution < 1.29 is 14.2 Å². The third-order valence-corrected chi connectivity index (χ3v) is 4.77. The Balaban J connectivity index is 1.44. The number of rotatable bonds is 8. The average Bonchev–Trinajstić information content (AvgIpc) is 2.70. The maximum atomic E-state index is 5.80. The predicted octanol–water partition coefficient (Wildman–Crippen LogP) is 2.90. The van der Waals surface area contributed by atoms with Gasteiger partial charge in [-0.05, 0) is 30.3 Å². The first kappa shape index (κ1) is 18.5. The second kappa shape index (κ2) is 9.46. The normalized spacial score (nSPS) is 15.6. The van der Waals surface area contributed by atoms with E-state index in [1.54, 1.807) is 14.2 Å². The molecule has 1 saturated heterocycles. The Morgan fingerprint density at radius 3 is 2.23 bits per heavy atom. The topological polar surface area (TPSA) is 34.2 Å². The van der Waals surface area contributed by atoms with Gasteiger partial charge in [-0.15, -0.1) is 0 Å². The van der Waals surface area contributed by atoms with Gasteiger partial charge in [-0.2, -0.15) is 0 Å². The number of nitrogens with zero attached hydrogens (tertiary/aromatic N) is 2. The summed E-state index contributed by atoms with van der Waals surface area (Å²) in [7, 11) is 3.41. The molecule has 1 heterocycles. The molecule has 0 saturated carbocycles. The minimum Gasteiger partial charge on any atom is -0.497 e. The molecule has 0 N–H and O–H groups in total. The fourth-order valence-electron chi connectivity index (χ4n) is 3.23. The second-order valence-electron chi connectivity index (χ2n) is 6.46. The Labute approximate surface area is 156 Å². The van der Waals surface area contributed by atoms with Crippen molar-refractivity contribution in [1.29, 1.82) is 0 Å². The summed E-state index contributed by atoms with van der Waals surface area (Å²) < 4.78 is 16.6. The standard InChI is InChI=1S/C21H28N2O3/c1-24-20-8-9-21(25-2)18(16-20)17-23-12-10-22(11-13-23)14-15-26-19-6-4-3-5-7-19/h3-9,16H,10-15,17H2,1-2H3. The van der Waals surface area contributed by atoms with E-state index < -0.39 is 0 Å². The highest BCUT2D eigenvalue weighted by molar-refractivity contribution is 5.40. The van der Waals surface area contributed by atoms with Crippen LogP contribution in [0.3, 0.4) is 0 Å². The van der Waals surface area contributed by atoms with E-state index in [1.165, 1.54) is 5.56 Å². The van der Waals surface area contributed by atoms with Crippen molar-refractivity contribution in [2.45, 2.75) is 6.54 Å². The first-order valence-corrected chi connectivity index (χ1v) is 9.12. The van der Waals surface area contributed by atoms with Crippen LogP contribution < -0.4 is 14.2 Å². The van der Waals surface area contributed by atoms with Crippen LogP contribution in [-0.2, 0) is 6.54 Å². The molecule has 5 nitrogen and oxygen atoms in total. The Hall–Kier alpha value is -2.24. The molecule has 0 radical (unpaired) electrons. The molecule has 0 spiro atoms. The largest absolute Gasteiger partial charge is 0.497 e. The lowest BCUT2D eigenvalue weighted by Gasteiger charge is -2.34. The quantitative estimate of drug-likeness (QED) is 0.727. The van der Waals surface area contributed by atoms with E-state index in [9.17, 15) is 0 Å². The van der Waals surface area contributed by atoms with Gasteiger partial charge in [0.15, 0.2) is 0 Å². The summed E-state index contributed by atoms with van der Waals surface area (Å²) in [5, 5.41) is 0. The van der Waals surface area contributed by atoms with Gasteiger partial charge in [-0.3, -0.25) is 9.80 Å². The number of hydrogen-bond acceptors (Lipinski definition) is 5. The molecule has 0 aromatic heterocycles. The zero-order valence-corrected chi connectivity index (χ0v) is 15.7. The molecule has 1 aliphatic rings. The molecular formula is C21H28N2O3. The number of methoxy groups -OCH3 is 2. The van der Waals surface area contributed by atoms with E-state index in [-0.39, 0.29) is 0 Å². The van der Waals surface area contributed by atoms with Crippen molar-refractivity contribution >= 4 is 0 Å². The highest BCUT2D eigenvalue weighted by atomic mass is 16.5. The van der Waals surface area contributed by atoms with Crippen LogP contribution in [-0.4, -0.2) is 63.4 Å². The maximum absolute atomic E-state index is 5.80. The lowest BCUT2D eigenvalue weighted by Crippen LogP contribution is -2.47. The number of benzene rings is 2. The van der Waals surface area contributed by atoms with Crippen LogP contribution in [0.2, 0.25) is 0 Å². The van der Waals surface area contributed by atoms with Crippen LogP contribution in [0, 0.1) is 0 Å². The fraction of sp³-hybridized carbons (Fsp3) is 0.429. The van der Waals surface area contributed by atoms with Gasteiger partial charge >= 0.3 is 0 Å². The Morgan fingerprint density at radius 2 is 1.54 bits per heavy atom. The molecule has 5 heteroatoms. The number of para-hydroxylation sites is 1. The van der Waals surface area contributed by atoms with Crippen molar-refractivity contribution in [3.05, 3.63) is 54.1 Å². The molecule has 140 valence electrons. The first-order valence-electron chi connectivity index (χ1n) is 9.12. The van der Waals surface area contributed by atoms with Crippen LogP contribution in [0.1, 0.15) is 5.56 Å². The van der Waals surface area contributed by atoms with Gasteiger partial charge < -0.3 is 14.2 Å².